The van der Waals surface area contributed by atoms with Gasteiger partial charge in [0.1, 0.15) is 18.8 Å². The summed E-state index contributed by atoms with van der Waals surface area (Å²) in [6, 6.07) is 19.4. The number of amides is 4. The Morgan fingerprint density at radius 1 is 1.10 bits per heavy atom. The molecule has 4 amide bonds. The maximum atomic E-state index is 13.1. The van der Waals surface area contributed by atoms with E-state index in [1.807, 2.05) is 44.2 Å². The first-order valence-electron chi connectivity index (χ1n) is 13.1. The van der Waals surface area contributed by atoms with Crippen molar-refractivity contribution in [1.29, 1.82) is 5.26 Å². The number of ether oxygens (including phenoxy) is 2. The molecule has 1 aliphatic heterocycles. The summed E-state index contributed by atoms with van der Waals surface area (Å²) in [7, 11) is 0. The molecule has 0 saturated carbocycles. The fourth-order valence-electron chi connectivity index (χ4n) is 4.27. The minimum atomic E-state index is -0.687. The number of carbonyl (C=O) groups excluding carboxylic acids is 3. The van der Waals surface area contributed by atoms with E-state index in [1.54, 1.807) is 36.4 Å². The summed E-state index contributed by atoms with van der Waals surface area (Å²) in [6.45, 7) is 7.69. The standard InChI is InChI=1S/C32H30N4O5/c1-4-8-23-15-22(17-28(40-5-2)30(23)41-20-25-10-7-6-9-24(25)18-33)16-27-31(38)36(32(39)35-27)19-29(37)34-26-13-11-21(3)12-14-26/h4,6-7,9-17H,1,5,8,19-20H2,2-3H3,(H,34,37)(H,35,39)/b27-16-. The molecule has 1 heterocycles. The fourth-order valence-corrected chi connectivity index (χ4v) is 4.27. The first-order valence-corrected chi connectivity index (χ1v) is 13.1. The van der Waals surface area contributed by atoms with E-state index >= 15 is 0 Å². The van der Waals surface area contributed by atoms with E-state index < -0.39 is 24.4 Å². The summed E-state index contributed by atoms with van der Waals surface area (Å²) in [4.78, 5) is 39.0. The van der Waals surface area contributed by atoms with Crippen molar-refractivity contribution in [2.45, 2.75) is 26.9 Å². The molecule has 9 heteroatoms. The fraction of sp³-hybridized carbons (Fsp3) is 0.188. The second-order valence-electron chi connectivity index (χ2n) is 9.28. The Morgan fingerprint density at radius 3 is 2.56 bits per heavy atom. The van der Waals surface area contributed by atoms with Crippen molar-refractivity contribution in [3.8, 4) is 17.6 Å². The van der Waals surface area contributed by atoms with E-state index in [-0.39, 0.29) is 12.3 Å². The van der Waals surface area contributed by atoms with Gasteiger partial charge in [-0.2, -0.15) is 5.26 Å². The Labute approximate surface area is 238 Å². The second-order valence-corrected chi connectivity index (χ2v) is 9.28. The number of anilines is 1. The van der Waals surface area contributed by atoms with Gasteiger partial charge in [-0.25, -0.2) is 9.69 Å². The highest BCUT2D eigenvalue weighted by molar-refractivity contribution is 6.16. The smallest absolute Gasteiger partial charge is 0.329 e. The summed E-state index contributed by atoms with van der Waals surface area (Å²) in [5.74, 6) is -0.173. The van der Waals surface area contributed by atoms with Crippen LogP contribution < -0.4 is 20.1 Å². The number of nitrogens with one attached hydrogen (secondary N) is 2. The van der Waals surface area contributed by atoms with Gasteiger partial charge in [0.25, 0.3) is 5.91 Å². The van der Waals surface area contributed by atoms with Gasteiger partial charge in [0.05, 0.1) is 18.2 Å². The number of carbonyl (C=O) groups is 3. The van der Waals surface area contributed by atoms with Crippen LogP contribution in [0.1, 0.15) is 34.7 Å². The highest BCUT2D eigenvalue weighted by Gasteiger charge is 2.35. The van der Waals surface area contributed by atoms with Gasteiger partial charge in [0, 0.05) is 16.8 Å². The molecule has 0 spiro atoms. The summed E-state index contributed by atoms with van der Waals surface area (Å²) in [6.07, 6.45) is 3.69. The molecule has 0 atom stereocenters. The lowest BCUT2D eigenvalue weighted by Crippen LogP contribution is -2.38. The van der Waals surface area contributed by atoms with Gasteiger partial charge < -0.3 is 20.1 Å². The zero-order valence-electron chi connectivity index (χ0n) is 22.9. The first-order chi connectivity index (χ1) is 19.8. The maximum Gasteiger partial charge on any atom is 0.329 e. The molecule has 0 aromatic heterocycles. The first kappa shape index (κ1) is 28.6. The molecule has 1 fully saturated rings. The van der Waals surface area contributed by atoms with E-state index in [9.17, 15) is 19.6 Å². The van der Waals surface area contributed by atoms with Crippen molar-refractivity contribution in [1.82, 2.24) is 10.2 Å². The van der Waals surface area contributed by atoms with Crippen LogP contribution in [0.2, 0.25) is 0 Å². The number of nitriles is 1. The lowest BCUT2D eigenvalue weighted by molar-refractivity contribution is -0.127. The van der Waals surface area contributed by atoms with Gasteiger partial charge >= 0.3 is 6.03 Å². The summed E-state index contributed by atoms with van der Waals surface area (Å²) in [5.41, 5.74) is 4.23. The largest absolute Gasteiger partial charge is 0.490 e. The number of rotatable bonds is 11. The van der Waals surface area contributed by atoms with Crippen molar-refractivity contribution < 1.29 is 23.9 Å². The lowest BCUT2D eigenvalue weighted by Gasteiger charge is -2.17. The van der Waals surface area contributed by atoms with Gasteiger partial charge in [0.2, 0.25) is 5.91 Å². The van der Waals surface area contributed by atoms with Gasteiger partial charge in [-0.1, -0.05) is 42.0 Å². The van der Waals surface area contributed by atoms with Crippen LogP contribution in [-0.4, -0.2) is 35.9 Å². The Kier molecular flexibility index (Phi) is 9.17. The molecule has 0 radical (unpaired) electrons. The number of allylic oxidation sites excluding steroid dienone is 1. The van der Waals surface area contributed by atoms with E-state index in [1.165, 1.54) is 6.08 Å². The lowest BCUT2D eigenvalue weighted by atomic mass is 10.0. The van der Waals surface area contributed by atoms with Crippen LogP contribution in [0.15, 0.2) is 79.0 Å². The van der Waals surface area contributed by atoms with Crippen molar-refractivity contribution in [2.24, 2.45) is 0 Å². The van der Waals surface area contributed by atoms with Gasteiger partial charge in [-0.15, -0.1) is 6.58 Å². The minimum Gasteiger partial charge on any atom is -0.490 e. The van der Waals surface area contributed by atoms with Gasteiger partial charge in [-0.3, -0.25) is 9.59 Å². The number of hydrogen-bond donors (Lipinski definition) is 2. The summed E-state index contributed by atoms with van der Waals surface area (Å²) >= 11 is 0. The van der Waals surface area contributed by atoms with E-state index in [0.717, 1.165) is 21.6 Å². The zero-order chi connectivity index (χ0) is 29.4. The molecular formula is C32H30N4O5. The van der Waals surface area contributed by atoms with E-state index in [2.05, 4.69) is 23.3 Å². The van der Waals surface area contributed by atoms with Gasteiger partial charge in [-0.05, 0) is 62.2 Å². The maximum absolute atomic E-state index is 13.1. The number of aryl methyl sites for hydroxylation is 1. The van der Waals surface area contributed by atoms with Gasteiger partial charge in [0.15, 0.2) is 11.5 Å². The Balaban J connectivity index is 1.56. The van der Waals surface area contributed by atoms with Crippen molar-refractivity contribution >= 4 is 29.6 Å². The average Bonchev–Trinajstić information content (AvgIpc) is 3.21. The van der Waals surface area contributed by atoms with Crippen LogP contribution >= 0.6 is 0 Å². The Hall–Kier alpha value is -5.36. The molecule has 0 bridgehead atoms. The molecule has 0 unspecified atom stereocenters. The van der Waals surface area contributed by atoms with Crippen molar-refractivity contribution in [3.05, 3.63) is 107 Å². The Bertz CT molecular complexity index is 1550. The molecular weight excluding hydrogens is 520 g/mol. The average molecular weight is 551 g/mol. The molecule has 0 aliphatic carbocycles. The van der Waals surface area contributed by atoms with Crippen molar-refractivity contribution in [3.63, 3.8) is 0 Å². The summed E-state index contributed by atoms with van der Waals surface area (Å²) in [5, 5.41) is 14.7. The highest BCUT2D eigenvalue weighted by Crippen LogP contribution is 2.35. The number of nitrogens with zero attached hydrogens (tertiary/aromatic N) is 2. The summed E-state index contributed by atoms with van der Waals surface area (Å²) < 4.78 is 12.0. The minimum absolute atomic E-state index is 0.0294. The van der Waals surface area contributed by atoms with E-state index in [0.29, 0.717) is 41.3 Å². The van der Waals surface area contributed by atoms with Crippen LogP contribution in [0.5, 0.6) is 11.5 Å². The van der Waals surface area contributed by atoms with E-state index in [4.69, 9.17) is 9.47 Å². The predicted molar refractivity (Wildman–Crippen MR) is 155 cm³/mol. The molecule has 3 aromatic rings. The molecule has 1 aliphatic rings. The van der Waals surface area contributed by atoms with Crippen LogP contribution in [0.25, 0.3) is 6.08 Å². The topological polar surface area (TPSA) is 121 Å². The quantitative estimate of drug-likeness (QED) is 0.195. The molecule has 1 saturated heterocycles. The number of benzene rings is 3. The number of imide groups is 1. The third-order valence-corrected chi connectivity index (χ3v) is 6.24. The Morgan fingerprint density at radius 2 is 1.85 bits per heavy atom. The van der Waals surface area contributed by atoms with Crippen molar-refractivity contribution in [2.75, 3.05) is 18.5 Å². The molecule has 208 valence electrons. The van der Waals surface area contributed by atoms with Crippen LogP contribution in [0, 0.1) is 18.3 Å². The van der Waals surface area contributed by atoms with Crippen LogP contribution in [0.3, 0.4) is 0 Å². The number of urea groups is 1. The zero-order valence-corrected chi connectivity index (χ0v) is 22.9. The predicted octanol–water partition coefficient (Wildman–Crippen LogP) is 5.10. The molecule has 2 N–H and O–H groups in total. The molecule has 3 aromatic carbocycles. The number of hydrogen-bond acceptors (Lipinski definition) is 6. The SMILES string of the molecule is C=CCc1cc(/C=C2\NC(=O)N(CC(=O)Nc3ccc(C)cc3)C2=O)cc(OCC)c1OCc1ccccc1C#N. The highest BCUT2D eigenvalue weighted by atomic mass is 16.5. The third-order valence-electron chi connectivity index (χ3n) is 6.24. The molecule has 41 heavy (non-hydrogen) atoms. The second kappa shape index (κ2) is 13.1. The third kappa shape index (κ3) is 6.99. The molecule has 9 nitrogen and oxygen atoms in total. The normalized spacial score (nSPS) is 13.5. The monoisotopic (exact) mass is 550 g/mol. The molecule has 4 rings (SSSR count). The van der Waals surface area contributed by atoms with Crippen LogP contribution in [0.4, 0.5) is 10.5 Å². The van der Waals surface area contributed by atoms with Crippen LogP contribution in [-0.2, 0) is 22.6 Å².